The molecule has 2 heterocycles. The van der Waals surface area contributed by atoms with E-state index in [4.69, 9.17) is 4.74 Å². The number of aromatic nitrogens is 2. The third-order valence-electron chi connectivity index (χ3n) is 3.34. The Kier molecular flexibility index (Phi) is 4.24. The molecular formula is C11H19N3O4S. The van der Waals surface area contributed by atoms with Crippen LogP contribution in [0.2, 0.25) is 0 Å². The Morgan fingerprint density at radius 1 is 1.58 bits per heavy atom. The summed E-state index contributed by atoms with van der Waals surface area (Å²) in [5.41, 5.74) is 0.904. The van der Waals surface area contributed by atoms with Gasteiger partial charge in [-0.05, 0) is 13.3 Å². The van der Waals surface area contributed by atoms with Crippen LogP contribution in [0.1, 0.15) is 24.6 Å². The summed E-state index contributed by atoms with van der Waals surface area (Å²) in [4.78, 5) is 0. The molecule has 0 bridgehead atoms. The Balaban J connectivity index is 2.31. The molecule has 1 atom stereocenters. The molecule has 1 aliphatic heterocycles. The molecule has 1 aromatic heterocycles. The molecule has 1 saturated heterocycles. The summed E-state index contributed by atoms with van der Waals surface area (Å²) in [5, 5.41) is 15.6. The number of hydrogen-bond donors (Lipinski definition) is 2. The van der Waals surface area contributed by atoms with E-state index in [0.29, 0.717) is 31.0 Å². The van der Waals surface area contributed by atoms with Crippen molar-refractivity contribution in [3.63, 3.8) is 0 Å². The zero-order chi connectivity index (χ0) is 14.0. The number of nitrogens with zero attached hydrogens (tertiary/aromatic N) is 2. The van der Waals surface area contributed by atoms with Gasteiger partial charge in [0.15, 0.2) is 5.03 Å². The van der Waals surface area contributed by atoms with Crippen LogP contribution in [0, 0.1) is 6.92 Å². The van der Waals surface area contributed by atoms with Crippen molar-refractivity contribution in [1.29, 1.82) is 0 Å². The molecular weight excluding hydrogens is 270 g/mol. The highest BCUT2D eigenvalue weighted by molar-refractivity contribution is 7.89. The van der Waals surface area contributed by atoms with E-state index in [2.05, 4.69) is 10.2 Å². The van der Waals surface area contributed by atoms with E-state index in [1.165, 1.54) is 4.31 Å². The van der Waals surface area contributed by atoms with Gasteiger partial charge in [0.05, 0.1) is 19.3 Å². The smallest absolute Gasteiger partial charge is 0.262 e. The molecule has 0 radical (unpaired) electrons. The minimum Gasteiger partial charge on any atom is -0.392 e. The highest BCUT2D eigenvalue weighted by atomic mass is 32.2. The van der Waals surface area contributed by atoms with Crippen molar-refractivity contribution >= 4 is 10.0 Å². The van der Waals surface area contributed by atoms with Crippen LogP contribution in [0.15, 0.2) is 5.03 Å². The Labute approximate surface area is 112 Å². The lowest BCUT2D eigenvalue weighted by Gasteiger charge is -2.31. The van der Waals surface area contributed by atoms with Gasteiger partial charge >= 0.3 is 0 Å². The largest absolute Gasteiger partial charge is 0.392 e. The molecule has 0 spiro atoms. The van der Waals surface area contributed by atoms with E-state index < -0.39 is 10.0 Å². The van der Waals surface area contributed by atoms with Gasteiger partial charge in [0.2, 0.25) is 0 Å². The molecule has 0 amide bonds. The van der Waals surface area contributed by atoms with Crippen LogP contribution in [0.3, 0.4) is 0 Å². The van der Waals surface area contributed by atoms with Gasteiger partial charge in [-0.15, -0.1) is 0 Å². The quantitative estimate of drug-likeness (QED) is 0.814. The molecule has 0 aromatic carbocycles. The number of morpholine rings is 1. The SMILES string of the molecule is CCC1CN(S(=O)(=O)c2n[nH]c(C)c2CO)CCO1. The number of aliphatic hydroxyl groups is 1. The predicted molar refractivity (Wildman–Crippen MR) is 68.0 cm³/mol. The molecule has 108 valence electrons. The summed E-state index contributed by atoms with van der Waals surface area (Å²) < 4.78 is 31.9. The standard InChI is InChI=1S/C11H19N3O4S/c1-3-9-6-14(4-5-18-9)19(16,17)11-10(7-15)8(2)12-13-11/h9,15H,3-7H2,1-2H3,(H,12,13). The van der Waals surface area contributed by atoms with Gasteiger partial charge in [-0.1, -0.05) is 6.92 Å². The normalized spacial score (nSPS) is 21.7. The molecule has 1 aliphatic rings. The molecule has 7 nitrogen and oxygen atoms in total. The van der Waals surface area contributed by atoms with Crippen molar-refractivity contribution < 1.29 is 18.3 Å². The number of sulfonamides is 1. The molecule has 1 aromatic rings. The summed E-state index contributed by atoms with van der Waals surface area (Å²) in [6, 6.07) is 0. The molecule has 0 saturated carbocycles. The van der Waals surface area contributed by atoms with E-state index in [1.807, 2.05) is 6.92 Å². The molecule has 2 N–H and O–H groups in total. The maximum absolute atomic E-state index is 12.5. The first kappa shape index (κ1) is 14.4. The Bertz CT molecular complexity index is 540. The Morgan fingerprint density at radius 2 is 2.32 bits per heavy atom. The summed E-state index contributed by atoms with van der Waals surface area (Å²) in [6.07, 6.45) is 0.680. The molecule has 1 fully saturated rings. The second-order valence-corrected chi connectivity index (χ2v) is 6.41. The van der Waals surface area contributed by atoms with Crippen LogP contribution >= 0.6 is 0 Å². The molecule has 2 rings (SSSR count). The lowest BCUT2D eigenvalue weighted by molar-refractivity contribution is -0.00287. The number of rotatable bonds is 4. The number of aryl methyl sites for hydroxylation is 1. The summed E-state index contributed by atoms with van der Waals surface area (Å²) in [6.45, 7) is 4.32. The van der Waals surface area contributed by atoms with Gasteiger partial charge in [-0.2, -0.15) is 9.40 Å². The predicted octanol–water partition coefficient (Wildman–Crippen LogP) is 0.00992. The second-order valence-electron chi connectivity index (χ2n) is 4.55. The number of ether oxygens (including phenoxy) is 1. The fourth-order valence-corrected chi connectivity index (χ4v) is 3.72. The zero-order valence-electron chi connectivity index (χ0n) is 11.1. The van der Waals surface area contributed by atoms with Crippen molar-refractivity contribution in [2.24, 2.45) is 0 Å². The van der Waals surface area contributed by atoms with Crippen molar-refractivity contribution in [2.45, 2.75) is 38.0 Å². The van der Waals surface area contributed by atoms with Crippen molar-refractivity contribution in [3.05, 3.63) is 11.3 Å². The summed E-state index contributed by atoms with van der Waals surface area (Å²) in [5.74, 6) is 0. The van der Waals surface area contributed by atoms with Crippen LogP contribution < -0.4 is 0 Å². The third-order valence-corrected chi connectivity index (χ3v) is 5.17. The topological polar surface area (TPSA) is 95.5 Å². The van der Waals surface area contributed by atoms with Crippen LogP contribution in [0.5, 0.6) is 0 Å². The first-order chi connectivity index (χ1) is 9.00. The zero-order valence-corrected chi connectivity index (χ0v) is 11.9. The van der Waals surface area contributed by atoms with Crippen LogP contribution in [0.4, 0.5) is 0 Å². The maximum Gasteiger partial charge on any atom is 0.262 e. The van der Waals surface area contributed by atoms with E-state index >= 15 is 0 Å². The molecule has 8 heteroatoms. The van der Waals surface area contributed by atoms with Crippen molar-refractivity contribution in [1.82, 2.24) is 14.5 Å². The van der Waals surface area contributed by atoms with Crippen molar-refractivity contribution in [3.8, 4) is 0 Å². The van der Waals surface area contributed by atoms with Gasteiger partial charge in [-0.3, -0.25) is 5.10 Å². The van der Waals surface area contributed by atoms with Gasteiger partial charge in [0, 0.05) is 24.3 Å². The first-order valence-corrected chi connectivity index (χ1v) is 7.71. The number of hydrogen-bond acceptors (Lipinski definition) is 5. The van der Waals surface area contributed by atoms with E-state index in [0.717, 1.165) is 6.42 Å². The monoisotopic (exact) mass is 289 g/mol. The fraction of sp³-hybridized carbons (Fsp3) is 0.727. The number of aliphatic hydroxyl groups excluding tert-OH is 1. The lowest BCUT2D eigenvalue weighted by Crippen LogP contribution is -2.45. The van der Waals surface area contributed by atoms with Gasteiger partial charge in [-0.25, -0.2) is 8.42 Å². The maximum atomic E-state index is 12.5. The van der Waals surface area contributed by atoms with Crippen LogP contribution in [-0.2, 0) is 21.4 Å². The number of aromatic amines is 1. The minimum absolute atomic E-state index is 0.0794. The minimum atomic E-state index is -3.68. The lowest BCUT2D eigenvalue weighted by atomic mass is 10.2. The second kappa shape index (κ2) is 5.58. The third kappa shape index (κ3) is 2.66. The van der Waals surface area contributed by atoms with E-state index in [9.17, 15) is 13.5 Å². The van der Waals surface area contributed by atoms with E-state index in [1.54, 1.807) is 6.92 Å². The average molecular weight is 289 g/mol. The van der Waals surface area contributed by atoms with Gasteiger partial charge < -0.3 is 9.84 Å². The van der Waals surface area contributed by atoms with E-state index in [-0.39, 0.29) is 17.7 Å². The average Bonchev–Trinajstić information content (AvgIpc) is 2.80. The fourth-order valence-electron chi connectivity index (χ4n) is 2.11. The number of H-pyrrole nitrogens is 1. The van der Waals surface area contributed by atoms with Crippen molar-refractivity contribution in [2.75, 3.05) is 19.7 Å². The number of nitrogens with one attached hydrogen (secondary N) is 1. The molecule has 19 heavy (non-hydrogen) atoms. The highest BCUT2D eigenvalue weighted by Gasteiger charge is 2.33. The molecule has 1 unspecified atom stereocenters. The van der Waals surface area contributed by atoms with Gasteiger partial charge in [0.1, 0.15) is 0 Å². The van der Waals surface area contributed by atoms with Crippen LogP contribution in [0.25, 0.3) is 0 Å². The summed E-state index contributed by atoms with van der Waals surface area (Å²) in [7, 11) is -3.68. The highest BCUT2D eigenvalue weighted by Crippen LogP contribution is 2.22. The molecule has 0 aliphatic carbocycles. The van der Waals surface area contributed by atoms with Crippen LogP contribution in [-0.4, -0.2) is 53.8 Å². The summed E-state index contributed by atoms with van der Waals surface area (Å²) >= 11 is 0. The Hall–Kier alpha value is -0.960. The van der Waals surface area contributed by atoms with Gasteiger partial charge in [0.25, 0.3) is 10.0 Å². The Morgan fingerprint density at radius 3 is 2.95 bits per heavy atom. The first-order valence-electron chi connectivity index (χ1n) is 6.27.